The second kappa shape index (κ2) is 11.7. The van der Waals surface area contributed by atoms with E-state index >= 15 is 0 Å². The van der Waals surface area contributed by atoms with Crippen LogP contribution in [-0.2, 0) is 17.8 Å². The number of thiophene rings is 1. The van der Waals surface area contributed by atoms with Crippen LogP contribution in [0.25, 0.3) is 0 Å². The maximum atomic E-state index is 13.9. The van der Waals surface area contributed by atoms with Crippen molar-refractivity contribution in [2.24, 2.45) is 0 Å². The average Bonchev–Trinajstić information content (AvgIpc) is 3.35. The van der Waals surface area contributed by atoms with Gasteiger partial charge in [-0.25, -0.2) is 8.78 Å². The highest BCUT2D eigenvalue weighted by Gasteiger charge is 2.22. The summed E-state index contributed by atoms with van der Waals surface area (Å²) in [6.45, 7) is 2.25. The Bertz CT molecular complexity index is 1210. The molecule has 180 valence electrons. The second-order valence-electron chi connectivity index (χ2n) is 7.51. The third-order valence-corrected chi connectivity index (χ3v) is 6.16. The summed E-state index contributed by atoms with van der Waals surface area (Å²) in [6, 6.07) is 6.49. The Hall–Kier alpha value is -3.37. The molecule has 1 aromatic carbocycles. The maximum absolute atomic E-state index is 13.9. The standard InChI is InChI=1S/C24H25F2N3O4S/c1-3-20(21-5-4-10-34-21)28-24(32)18-14-29(8-9-33-2)13-17(22(18)30)23(31)27-12-15-6-7-16(25)11-19(15)26/h4-7,10-11,13-14,20H,3,8-9,12H2,1-2H3,(H,27,31)(H,28,32)/t20-/m1/s1. The first-order chi connectivity index (χ1) is 16.3. The molecule has 0 spiro atoms. The molecule has 2 N–H and O–H groups in total. The molecule has 0 bridgehead atoms. The first-order valence-electron chi connectivity index (χ1n) is 10.6. The van der Waals surface area contributed by atoms with Gasteiger partial charge in [0.1, 0.15) is 22.8 Å². The first kappa shape index (κ1) is 25.3. The number of amides is 2. The van der Waals surface area contributed by atoms with E-state index in [9.17, 15) is 23.2 Å². The van der Waals surface area contributed by atoms with Gasteiger partial charge in [-0.2, -0.15) is 0 Å². The molecule has 10 heteroatoms. The van der Waals surface area contributed by atoms with E-state index in [1.807, 2.05) is 24.4 Å². The predicted octanol–water partition coefficient (Wildman–Crippen LogP) is 3.65. The summed E-state index contributed by atoms with van der Waals surface area (Å²) in [7, 11) is 1.51. The number of aromatic nitrogens is 1. The molecule has 2 amide bonds. The van der Waals surface area contributed by atoms with Gasteiger partial charge in [-0.15, -0.1) is 11.3 Å². The fourth-order valence-electron chi connectivity index (χ4n) is 3.32. The van der Waals surface area contributed by atoms with Gasteiger partial charge < -0.3 is 19.9 Å². The van der Waals surface area contributed by atoms with Crippen LogP contribution in [0.2, 0.25) is 0 Å². The van der Waals surface area contributed by atoms with Crippen molar-refractivity contribution in [3.05, 3.63) is 91.5 Å². The zero-order valence-corrected chi connectivity index (χ0v) is 19.6. The quantitative estimate of drug-likeness (QED) is 0.455. The number of carbonyl (C=O) groups is 2. The van der Waals surface area contributed by atoms with E-state index in [0.29, 0.717) is 25.6 Å². The molecule has 3 aromatic rings. The third kappa shape index (κ3) is 6.15. The summed E-state index contributed by atoms with van der Waals surface area (Å²) in [4.78, 5) is 39.8. The van der Waals surface area contributed by atoms with Crippen molar-refractivity contribution in [3.8, 4) is 0 Å². The maximum Gasteiger partial charge on any atom is 0.257 e. The smallest absolute Gasteiger partial charge is 0.257 e. The van der Waals surface area contributed by atoms with E-state index in [1.165, 1.54) is 41.5 Å². The number of hydrogen-bond acceptors (Lipinski definition) is 5. The van der Waals surface area contributed by atoms with Gasteiger partial charge in [0.2, 0.25) is 5.43 Å². The highest BCUT2D eigenvalue weighted by molar-refractivity contribution is 7.10. The predicted molar refractivity (Wildman–Crippen MR) is 125 cm³/mol. The number of halogens is 2. The Balaban J connectivity index is 1.87. The van der Waals surface area contributed by atoms with Crippen LogP contribution < -0.4 is 16.1 Å². The summed E-state index contributed by atoms with van der Waals surface area (Å²) >= 11 is 1.49. The largest absolute Gasteiger partial charge is 0.383 e. The van der Waals surface area contributed by atoms with E-state index in [1.54, 1.807) is 0 Å². The minimum atomic E-state index is -0.815. The minimum absolute atomic E-state index is 0.0603. The van der Waals surface area contributed by atoms with Crippen molar-refractivity contribution in [2.45, 2.75) is 32.5 Å². The molecule has 7 nitrogen and oxygen atoms in total. The Morgan fingerprint density at radius 3 is 2.50 bits per heavy atom. The number of rotatable bonds is 10. The topological polar surface area (TPSA) is 89.4 Å². The highest BCUT2D eigenvalue weighted by Crippen LogP contribution is 2.22. The van der Waals surface area contributed by atoms with E-state index in [-0.39, 0.29) is 29.3 Å². The molecule has 2 heterocycles. The number of benzene rings is 1. The molecule has 0 aliphatic rings. The van der Waals surface area contributed by atoms with E-state index < -0.39 is 28.9 Å². The van der Waals surface area contributed by atoms with Crippen molar-refractivity contribution < 1.29 is 23.1 Å². The number of ether oxygens (including phenoxy) is 1. The Labute approximate surface area is 199 Å². The lowest BCUT2D eigenvalue weighted by molar-refractivity contribution is 0.0933. The Kier molecular flexibility index (Phi) is 8.67. The number of hydrogen-bond donors (Lipinski definition) is 2. The Morgan fingerprint density at radius 2 is 1.88 bits per heavy atom. The van der Waals surface area contributed by atoms with Gasteiger partial charge in [0, 0.05) is 49.1 Å². The molecule has 0 unspecified atom stereocenters. The van der Waals surface area contributed by atoms with E-state index in [0.717, 1.165) is 10.9 Å². The lowest BCUT2D eigenvalue weighted by atomic mass is 10.1. The third-order valence-electron chi connectivity index (χ3n) is 5.18. The normalized spacial score (nSPS) is 11.8. The van der Waals surface area contributed by atoms with Crippen LogP contribution in [-0.4, -0.2) is 30.1 Å². The minimum Gasteiger partial charge on any atom is -0.383 e. The van der Waals surface area contributed by atoms with Crippen LogP contribution in [0, 0.1) is 11.6 Å². The van der Waals surface area contributed by atoms with E-state index in [2.05, 4.69) is 10.6 Å². The highest BCUT2D eigenvalue weighted by atomic mass is 32.1. The van der Waals surface area contributed by atoms with Crippen molar-refractivity contribution >= 4 is 23.2 Å². The molecule has 0 radical (unpaired) electrons. The number of nitrogens with one attached hydrogen (secondary N) is 2. The number of pyridine rings is 1. The second-order valence-corrected chi connectivity index (χ2v) is 8.49. The fraction of sp³-hybridized carbons (Fsp3) is 0.292. The van der Waals surface area contributed by atoms with Crippen molar-refractivity contribution in [1.82, 2.24) is 15.2 Å². The average molecular weight is 490 g/mol. The SMILES string of the molecule is CC[C@@H](NC(=O)c1cn(CCOC)cc(C(=O)NCc2ccc(F)cc2F)c1=O)c1cccs1. The molecule has 0 saturated heterocycles. The zero-order chi connectivity index (χ0) is 24.7. The lowest BCUT2D eigenvalue weighted by Crippen LogP contribution is -2.36. The van der Waals surface area contributed by atoms with Crippen molar-refractivity contribution in [2.75, 3.05) is 13.7 Å². The molecule has 1 atom stereocenters. The lowest BCUT2D eigenvalue weighted by Gasteiger charge is -2.17. The summed E-state index contributed by atoms with van der Waals surface area (Å²) in [5, 5.41) is 7.22. The van der Waals surface area contributed by atoms with Crippen molar-refractivity contribution in [1.29, 1.82) is 0 Å². The summed E-state index contributed by atoms with van der Waals surface area (Å²) in [6.07, 6.45) is 3.33. The molecule has 0 fully saturated rings. The van der Waals surface area contributed by atoms with Crippen LogP contribution in [0.4, 0.5) is 8.78 Å². The van der Waals surface area contributed by atoms with Gasteiger partial charge in [0.05, 0.1) is 12.6 Å². The van der Waals surface area contributed by atoms with Gasteiger partial charge in [-0.1, -0.05) is 19.1 Å². The molecule has 0 aliphatic heterocycles. The van der Waals surface area contributed by atoms with Crippen LogP contribution in [0.1, 0.15) is 50.5 Å². The molecular weight excluding hydrogens is 464 g/mol. The number of carbonyl (C=O) groups excluding carboxylic acids is 2. The van der Waals surface area contributed by atoms with Gasteiger partial charge in [-0.3, -0.25) is 14.4 Å². The molecule has 34 heavy (non-hydrogen) atoms. The first-order valence-corrected chi connectivity index (χ1v) is 11.5. The van der Waals surface area contributed by atoms with Crippen molar-refractivity contribution in [3.63, 3.8) is 0 Å². The summed E-state index contributed by atoms with van der Waals surface area (Å²) < 4.78 is 33.6. The fourth-order valence-corrected chi connectivity index (χ4v) is 4.18. The molecule has 3 rings (SSSR count). The molecular formula is C24H25F2N3O4S. The van der Waals surface area contributed by atoms with E-state index in [4.69, 9.17) is 4.74 Å². The summed E-state index contributed by atoms with van der Waals surface area (Å²) in [5.74, 6) is -2.93. The van der Waals surface area contributed by atoms with Gasteiger partial charge in [0.25, 0.3) is 11.8 Å². The van der Waals surface area contributed by atoms with Crippen LogP contribution >= 0.6 is 11.3 Å². The van der Waals surface area contributed by atoms with Gasteiger partial charge >= 0.3 is 0 Å². The molecule has 0 aliphatic carbocycles. The monoisotopic (exact) mass is 489 g/mol. The number of nitrogens with zero attached hydrogens (tertiary/aromatic N) is 1. The van der Waals surface area contributed by atoms with Crippen LogP contribution in [0.5, 0.6) is 0 Å². The number of methoxy groups -OCH3 is 1. The molecule has 2 aromatic heterocycles. The van der Waals surface area contributed by atoms with Gasteiger partial charge in [-0.05, 0) is 23.9 Å². The molecule has 0 saturated carbocycles. The van der Waals surface area contributed by atoms with Gasteiger partial charge in [0.15, 0.2) is 0 Å². The van der Waals surface area contributed by atoms with Crippen LogP contribution in [0.15, 0.2) is 52.9 Å². The zero-order valence-electron chi connectivity index (χ0n) is 18.8. The van der Waals surface area contributed by atoms with Crippen LogP contribution in [0.3, 0.4) is 0 Å². The summed E-state index contributed by atoms with van der Waals surface area (Å²) in [5.41, 5.74) is -1.14. The Morgan fingerprint density at radius 1 is 1.15 bits per heavy atom.